The Hall–Kier alpha value is -2.37. The Kier molecular flexibility index (Phi) is 6.35. The molecule has 2 fully saturated rings. The van der Waals surface area contributed by atoms with Crippen molar-refractivity contribution >= 4 is 23.4 Å². The summed E-state index contributed by atoms with van der Waals surface area (Å²) in [7, 11) is 0. The molecule has 4 rings (SSSR count). The van der Waals surface area contributed by atoms with E-state index in [0.717, 1.165) is 38.4 Å². The fraction of sp³-hybridized carbons (Fsp3) is 0.571. The third-order valence-corrected chi connectivity index (χ3v) is 6.33. The van der Waals surface area contributed by atoms with Gasteiger partial charge in [0.2, 0.25) is 5.91 Å². The molecule has 3 amide bonds. The number of benzene rings is 1. The maximum Gasteiger partial charge on any atom is 0.347 e. The number of hydrogen-bond donors (Lipinski definition) is 2. The van der Waals surface area contributed by atoms with Gasteiger partial charge in [-0.15, -0.1) is 0 Å². The van der Waals surface area contributed by atoms with Crippen molar-refractivity contribution < 1.29 is 23.8 Å². The third kappa shape index (κ3) is 4.35. The van der Waals surface area contributed by atoms with Crippen molar-refractivity contribution in [3.05, 3.63) is 34.5 Å². The first-order valence-electron chi connectivity index (χ1n) is 10.8. The maximum absolute atomic E-state index is 13.4. The highest BCUT2D eigenvalue weighted by Crippen LogP contribution is 2.36. The highest BCUT2D eigenvalue weighted by atomic mass is 16.6. The number of nitrogens with two attached hydrogens (primary N) is 1. The quantitative estimate of drug-likeness (QED) is 0.257. The summed E-state index contributed by atoms with van der Waals surface area (Å²) in [5.41, 5.74) is 7.44. The van der Waals surface area contributed by atoms with Crippen LogP contribution < -0.4 is 16.0 Å². The van der Waals surface area contributed by atoms with Gasteiger partial charge in [0, 0.05) is 63.4 Å². The second kappa shape index (κ2) is 9.01. The molecule has 168 valence electrons. The number of carbonyl (C=O) groups excluding carboxylic acids is 3. The lowest BCUT2D eigenvalue weighted by molar-refractivity contribution is -0.825. The van der Waals surface area contributed by atoms with E-state index in [-0.39, 0.29) is 19.4 Å². The van der Waals surface area contributed by atoms with Gasteiger partial charge in [0.1, 0.15) is 6.54 Å². The molecular formula is C21H29N5O5. The Morgan fingerprint density at radius 3 is 2.65 bits per heavy atom. The lowest BCUT2D eigenvalue weighted by Gasteiger charge is -2.42. The molecule has 3 heterocycles. The zero-order valence-corrected chi connectivity index (χ0v) is 17.5. The number of piperidine rings is 1. The van der Waals surface area contributed by atoms with Crippen molar-refractivity contribution in [2.45, 2.75) is 25.4 Å². The molecule has 0 aliphatic carbocycles. The van der Waals surface area contributed by atoms with Crippen molar-refractivity contribution in [3.63, 3.8) is 0 Å². The van der Waals surface area contributed by atoms with Crippen LogP contribution in [0.3, 0.4) is 0 Å². The maximum atomic E-state index is 13.4. The topological polar surface area (TPSA) is 128 Å². The highest BCUT2D eigenvalue weighted by molar-refractivity contribution is 6.02. The Morgan fingerprint density at radius 2 is 1.94 bits per heavy atom. The lowest BCUT2D eigenvalue weighted by atomic mass is 10.0. The van der Waals surface area contributed by atoms with Gasteiger partial charge in [0.05, 0.1) is 18.8 Å². The van der Waals surface area contributed by atoms with Gasteiger partial charge in [0.25, 0.3) is 5.91 Å². The molecule has 3 N–H and O–H groups in total. The van der Waals surface area contributed by atoms with E-state index in [0.29, 0.717) is 30.9 Å². The molecule has 2 saturated heterocycles. The van der Waals surface area contributed by atoms with Crippen LogP contribution in [0.5, 0.6) is 0 Å². The summed E-state index contributed by atoms with van der Waals surface area (Å²) in [4.78, 5) is 41.1. The van der Waals surface area contributed by atoms with Gasteiger partial charge in [-0.3, -0.25) is 24.5 Å². The Labute approximate surface area is 181 Å². The minimum absolute atomic E-state index is 0.0767. The van der Waals surface area contributed by atoms with Crippen LogP contribution in [0.1, 0.15) is 28.8 Å². The first-order chi connectivity index (χ1) is 14.9. The smallest absolute Gasteiger partial charge is 0.347 e. The molecule has 2 unspecified atom stereocenters. The number of fused-ring (bicyclic) bond motifs is 1. The number of amides is 3. The largest absolute Gasteiger partial charge is 0.624 e. The first kappa shape index (κ1) is 21.8. The zero-order chi connectivity index (χ0) is 22.0. The second-order valence-electron chi connectivity index (χ2n) is 8.30. The van der Waals surface area contributed by atoms with Gasteiger partial charge in [0.15, 0.2) is 6.04 Å². The molecule has 10 nitrogen and oxygen atoms in total. The van der Waals surface area contributed by atoms with E-state index in [9.17, 15) is 19.6 Å². The molecule has 0 saturated carbocycles. The van der Waals surface area contributed by atoms with Gasteiger partial charge >= 0.3 is 5.91 Å². The molecule has 3 aliphatic rings. The standard InChI is InChI=1S/C21H29N5O5/c22-5-11-31-12-10-24-6-8-25(9-7-24)16-1-2-17-15(13-16)14-26(30,21(17)29)18-3-4-19(27)23-20(18)28/h1-2,13,18H,3-12,14,22H2,(H,23,27,28). The van der Waals surface area contributed by atoms with Crippen molar-refractivity contribution in [1.82, 2.24) is 10.2 Å². The first-order valence-corrected chi connectivity index (χ1v) is 10.8. The van der Waals surface area contributed by atoms with Crippen LogP contribution in [0.4, 0.5) is 5.69 Å². The summed E-state index contributed by atoms with van der Waals surface area (Å²) in [6.07, 6.45) is 0.173. The molecular weight excluding hydrogens is 402 g/mol. The van der Waals surface area contributed by atoms with Gasteiger partial charge < -0.3 is 20.6 Å². The van der Waals surface area contributed by atoms with Crippen molar-refractivity contribution in [2.24, 2.45) is 5.73 Å². The van der Waals surface area contributed by atoms with Crippen molar-refractivity contribution in [3.8, 4) is 0 Å². The van der Waals surface area contributed by atoms with Crippen LogP contribution in [0.15, 0.2) is 18.2 Å². The molecule has 1 aromatic rings. The number of piperazine rings is 1. The van der Waals surface area contributed by atoms with E-state index >= 15 is 0 Å². The van der Waals surface area contributed by atoms with Crippen molar-refractivity contribution in [2.75, 3.05) is 57.4 Å². The lowest BCUT2D eigenvalue weighted by Crippen LogP contribution is -2.60. The van der Waals surface area contributed by atoms with E-state index in [1.807, 2.05) is 12.1 Å². The van der Waals surface area contributed by atoms with E-state index in [1.165, 1.54) is 0 Å². The summed E-state index contributed by atoms with van der Waals surface area (Å²) in [6.45, 7) is 6.05. The van der Waals surface area contributed by atoms with Crippen LogP contribution in [0, 0.1) is 5.21 Å². The molecule has 10 heteroatoms. The number of rotatable bonds is 7. The van der Waals surface area contributed by atoms with E-state index < -0.39 is 28.4 Å². The van der Waals surface area contributed by atoms with E-state index in [1.54, 1.807) is 6.07 Å². The molecule has 0 spiro atoms. The molecule has 0 bridgehead atoms. The molecule has 31 heavy (non-hydrogen) atoms. The van der Waals surface area contributed by atoms with Gasteiger partial charge in [-0.25, -0.2) is 4.79 Å². The second-order valence-corrected chi connectivity index (χ2v) is 8.30. The number of hydrogen-bond acceptors (Lipinski definition) is 8. The average Bonchev–Trinajstić information content (AvgIpc) is 3.02. The molecule has 0 radical (unpaired) electrons. The summed E-state index contributed by atoms with van der Waals surface area (Å²) < 4.78 is 4.21. The van der Waals surface area contributed by atoms with Gasteiger partial charge in [-0.1, -0.05) is 0 Å². The molecule has 2 atom stereocenters. The van der Waals surface area contributed by atoms with Gasteiger partial charge in [-0.2, -0.15) is 0 Å². The Balaban J connectivity index is 1.40. The predicted molar refractivity (Wildman–Crippen MR) is 113 cm³/mol. The number of hydroxylamine groups is 3. The third-order valence-electron chi connectivity index (χ3n) is 6.33. The van der Waals surface area contributed by atoms with E-state index in [2.05, 4.69) is 15.1 Å². The summed E-state index contributed by atoms with van der Waals surface area (Å²) in [5, 5.41) is 15.6. The molecule has 3 aliphatic heterocycles. The van der Waals surface area contributed by atoms with Gasteiger partial charge in [-0.05, 0) is 18.2 Å². The number of imide groups is 1. The van der Waals surface area contributed by atoms with Crippen LogP contribution in [-0.2, 0) is 20.9 Å². The normalized spacial score (nSPS) is 26.8. The number of anilines is 1. The minimum atomic E-state index is -1.24. The number of ether oxygens (including phenoxy) is 1. The van der Waals surface area contributed by atoms with Crippen molar-refractivity contribution in [1.29, 1.82) is 0 Å². The molecule has 1 aromatic carbocycles. The SMILES string of the molecule is NCCOCCN1CCN(c2ccc3c(c2)C[N+]([O-])(C2CCC(=O)NC2=O)C3=O)CC1. The number of nitrogens with one attached hydrogen (secondary N) is 1. The number of nitrogens with zero attached hydrogens (tertiary/aromatic N) is 3. The fourth-order valence-corrected chi connectivity index (χ4v) is 4.59. The highest BCUT2D eigenvalue weighted by Gasteiger charge is 2.49. The zero-order valence-electron chi connectivity index (χ0n) is 17.5. The Bertz CT molecular complexity index is 870. The average molecular weight is 431 g/mol. The van der Waals surface area contributed by atoms with Crippen LogP contribution in [-0.4, -0.2) is 85.8 Å². The van der Waals surface area contributed by atoms with E-state index in [4.69, 9.17) is 10.5 Å². The summed E-state index contributed by atoms with van der Waals surface area (Å²) in [5.74, 6) is -1.65. The van der Waals surface area contributed by atoms with Crippen LogP contribution in [0.2, 0.25) is 0 Å². The monoisotopic (exact) mass is 431 g/mol. The number of carbonyl (C=O) groups is 3. The van der Waals surface area contributed by atoms with Crippen LogP contribution in [0.25, 0.3) is 0 Å². The number of quaternary nitrogens is 1. The minimum Gasteiger partial charge on any atom is -0.624 e. The Morgan fingerprint density at radius 1 is 1.16 bits per heavy atom. The predicted octanol–water partition coefficient (Wildman–Crippen LogP) is -0.442. The fourth-order valence-electron chi connectivity index (χ4n) is 4.59. The molecule has 0 aromatic heterocycles. The summed E-state index contributed by atoms with van der Waals surface area (Å²) in [6, 6.07) is 4.39. The summed E-state index contributed by atoms with van der Waals surface area (Å²) >= 11 is 0. The van der Waals surface area contributed by atoms with Crippen LogP contribution >= 0.6 is 0 Å².